The van der Waals surface area contributed by atoms with Crippen LogP contribution in [0, 0.1) is 12.3 Å². The fraction of sp³-hybridized carbons (Fsp3) is 0.733. The third kappa shape index (κ3) is 3.50. The molecule has 0 radical (unpaired) electrons. The van der Waals surface area contributed by atoms with Gasteiger partial charge in [-0.25, -0.2) is 13.1 Å². The summed E-state index contributed by atoms with van der Waals surface area (Å²) in [7, 11) is -3.39. The van der Waals surface area contributed by atoms with Gasteiger partial charge in [-0.3, -0.25) is 0 Å². The zero-order valence-corrected chi connectivity index (χ0v) is 14.4. The van der Waals surface area contributed by atoms with E-state index in [1.807, 2.05) is 12.3 Å². The molecule has 6 heteroatoms. The Morgan fingerprint density at radius 2 is 2.10 bits per heavy atom. The highest BCUT2D eigenvalue weighted by Crippen LogP contribution is 2.40. The van der Waals surface area contributed by atoms with Crippen LogP contribution in [0.5, 0.6) is 0 Å². The van der Waals surface area contributed by atoms with Crippen molar-refractivity contribution in [3.05, 3.63) is 15.8 Å². The monoisotopic (exact) mass is 328 g/mol. The van der Waals surface area contributed by atoms with Gasteiger partial charge in [0.1, 0.15) is 4.90 Å². The Balaban J connectivity index is 1.72. The predicted octanol–water partition coefficient (Wildman–Crippen LogP) is 2.78. The average molecular weight is 329 g/mol. The molecule has 0 atom stereocenters. The van der Waals surface area contributed by atoms with E-state index in [-0.39, 0.29) is 5.41 Å². The molecular weight excluding hydrogens is 304 g/mol. The first kappa shape index (κ1) is 15.5. The zero-order valence-electron chi connectivity index (χ0n) is 12.7. The van der Waals surface area contributed by atoms with Crippen molar-refractivity contribution in [2.45, 2.75) is 63.4 Å². The van der Waals surface area contributed by atoms with Crippen molar-refractivity contribution in [2.24, 2.45) is 5.41 Å². The van der Waals surface area contributed by atoms with Crippen LogP contribution >= 0.6 is 11.3 Å². The predicted molar refractivity (Wildman–Crippen MR) is 86.1 cm³/mol. The maximum absolute atomic E-state index is 12.6. The molecule has 4 nitrogen and oxygen atoms in total. The Morgan fingerprint density at radius 1 is 1.38 bits per heavy atom. The lowest BCUT2D eigenvalue weighted by atomic mass is 9.71. The summed E-state index contributed by atoms with van der Waals surface area (Å²) in [4.78, 5) is 1.44. The first-order valence-electron chi connectivity index (χ1n) is 7.70. The smallest absolute Gasteiger partial charge is 0.242 e. The van der Waals surface area contributed by atoms with E-state index in [1.54, 1.807) is 11.3 Å². The molecule has 118 valence electrons. The van der Waals surface area contributed by atoms with E-state index in [0.717, 1.165) is 23.3 Å². The van der Waals surface area contributed by atoms with Gasteiger partial charge in [0.15, 0.2) is 0 Å². The maximum atomic E-state index is 12.6. The van der Waals surface area contributed by atoms with Crippen molar-refractivity contribution < 1.29 is 8.42 Å². The fourth-order valence-electron chi connectivity index (χ4n) is 2.79. The van der Waals surface area contributed by atoms with Crippen molar-refractivity contribution in [1.29, 1.82) is 0 Å². The van der Waals surface area contributed by atoms with E-state index >= 15 is 0 Å². The molecule has 0 bridgehead atoms. The number of nitrogens with one attached hydrogen (secondary N) is 2. The van der Waals surface area contributed by atoms with E-state index < -0.39 is 10.0 Å². The van der Waals surface area contributed by atoms with E-state index in [9.17, 15) is 8.42 Å². The van der Waals surface area contributed by atoms with Gasteiger partial charge >= 0.3 is 0 Å². The van der Waals surface area contributed by atoms with Crippen molar-refractivity contribution in [1.82, 2.24) is 10.0 Å². The minimum absolute atomic E-state index is 0.156. The van der Waals surface area contributed by atoms with Crippen molar-refractivity contribution >= 4 is 21.4 Å². The summed E-state index contributed by atoms with van der Waals surface area (Å²) in [5, 5.41) is 5.36. The second-order valence-electron chi connectivity index (χ2n) is 6.81. The van der Waals surface area contributed by atoms with Gasteiger partial charge in [0, 0.05) is 24.0 Å². The van der Waals surface area contributed by atoms with Crippen molar-refractivity contribution in [3.8, 4) is 0 Å². The molecule has 0 spiro atoms. The van der Waals surface area contributed by atoms with Crippen molar-refractivity contribution in [2.75, 3.05) is 6.54 Å². The molecular formula is C15H24N2O2S2. The van der Waals surface area contributed by atoms with Gasteiger partial charge in [0.05, 0.1) is 0 Å². The largest absolute Gasteiger partial charge is 0.309 e. The van der Waals surface area contributed by atoms with Crippen LogP contribution in [-0.2, 0) is 16.6 Å². The van der Waals surface area contributed by atoms with E-state index in [2.05, 4.69) is 17.0 Å². The average Bonchev–Trinajstić information content (AvgIpc) is 3.14. The number of hydrogen-bond acceptors (Lipinski definition) is 4. The van der Waals surface area contributed by atoms with Crippen LogP contribution < -0.4 is 10.0 Å². The van der Waals surface area contributed by atoms with Gasteiger partial charge in [-0.15, -0.1) is 11.3 Å². The Labute approximate surface area is 131 Å². The minimum atomic E-state index is -3.39. The molecule has 2 aliphatic rings. The highest BCUT2D eigenvalue weighted by molar-refractivity contribution is 7.89. The second-order valence-corrected chi connectivity index (χ2v) is 9.48. The molecule has 0 saturated heterocycles. The minimum Gasteiger partial charge on any atom is -0.309 e. The van der Waals surface area contributed by atoms with Crippen molar-refractivity contribution in [3.63, 3.8) is 0 Å². The van der Waals surface area contributed by atoms with Gasteiger partial charge in [0.2, 0.25) is 10.0 Å². The Bertz CT molecular complexity index is 614. The Morgan fingerprint density at radius 3 is 2.67 bits per heavy atom. The molecule has 2 aliphatic carbocycles. The van der Waals surface area contributed by atoms with Crippen LogP contribution in [0.1, 0.15) is 49.5 Å². The summed E-state index contributed by atoms with van der Waals surface area (Å²) in [5.74, 6) is 0. The van der Waals surface area contributed by atoms with Gasteiger partial charge in [-0.1, -0.05) is 13.3 Å². The second kappa shape index (κ2) is 5.65. The van der Waals surface area contributed by atoms with Crippen LogP contribution in [0.2, 0.25) is 0 Å². The zero-order chi connectivity index (χ0) is 15.1. The first-order chi connectivity index (χ1) is 9.90. The lowest BCUT2D eigenvalue weighted by Crippen LogP contribution is -2.40. The third-order valence-corrected chi connectivity index (χ3v) is 7.50. The lowest BCUT2D eigenvalue weighted by Gasteiger charge is -2.38. The summed E-state index contributed by atoms with van der Waals surface area (Å²) in [6, 6.07) is 0.588. The molecule has 0 aromatic carbocycles. The van der Waals surface area contributed by atoms with E-state index in [1.165, 1.54) is 19.3 Å². The molecule has 21 heavy (non-hydrogen) atoms. The summed E-state index contributed by atoms with van der Waals surface area (Å²) < 4.78 is 28.1. The van der Waals surface area contributed by atoms with Crippen LogP contribution in [0.25, 0.3) is 0 Å². The molecule has 0 unspecified atom stereocenters. The van der Waals surface area contributed by atoms with Gasteiger partial charge in [-0.2, -0.15) is 0 Å². The molecule has 1 aromatic rings. The van der Waals surface area contributed by atoms with Crippen LogP contribution in [-0.4, -0.2) is 21.0 Å². The van der Waals surface area contributed by atoms with Crippen LogP contribution in [0.4, 0.5) is 0 Å². The Hall–Kier alpha value is -0.430. The molecule has 2 fully saturated rings. The number of hydrogen-bond donors (Lipinski definition) is 2. The molecule has 0 amide bonds. The number of sulfonamides is 1. The number of aryl methyl sites for hydroxylation is 1. The summed E-state index contributed by atoms with van der Waals surface area (Å²) in [6.45, 7) is 5.27. The molecule has 2 N–H and O–H groups in total. The van der Waals surface area contributed by atoms with Crippen LogP contribution in [0.15, 0.2) is 10.3 Å². The summed E-state index contributed by atoms with van der Waals surface area (Å²) >= 11 is 1.54. The SMILES string of the molecule is Cc1csc(CNC2CC2)c1S(=O)(=O)NCC1(C)CCC1. The highest BCUT2D eigenvalue weighted by atomic mass is 32.2. The maximum Gasteiger partial charge on any atom is 0.242 e. The molecule has 3 rings (SSSR count). The highest BCUT2D eigenvalue weighted by Gasteiger charge is 2.34. The standard InChI is InChI=1S/C15H24N2O2S2/c1-11-9-20-13(8-16-12-4-5-12)14(11)21(18,19)17-10-15(2)6-3-7-15/h9,12,16-17H,3-8,10H2,1-2H3. The van der Waals surface area contributed by atoms with Gasteiger partial charge < -0.3 is 5.32 Å². The Kier molecular flexibility index (Phi) is 4.16. The van der Waals surface area contributed by atoms with E-state index in [0.29, 0.717) is 24.0 Å². The summed E-state index contributed by atoms with van der Waals surface area (Å²) in [5.41, 5.74) is 1.02. The van der Waals surface area contributed by atoms with Gasteiger partial charge in [-0.05, 0) is 49.0 Å². The molecule has 1 heterocycles. The topological polar surface area (TPSA) is 58.2 Å². The number of rotatable bonds is 7. The third-order valence-electron chi connectivity index (χ3n) is 4.64. The summed E-state index contributed by atoms with van der Waals surface area (Å²) in [6.07, 6.45) is 5.88. The molecule has 0 aliphatic heterocycles. The normalized spacial score (nSPS) is 21.2. The number of thiophene rings is 1. The van der Waals surface area contributed by atoms with Gasteiger partial charge in [0.25, 0.3) is 0 Å². The first-order valence-corrected chi connectivity index (χ1v) is 10.1. The quantitative estimate of drug-likeness (QED) is 0.809. The fourth-order valence-corrected chi connectivity index (χ4v) is 5.75. The molecule has 2 saturated carbocycles. The van der Waals surface area contributed by atoms with Crippen LogP contribution in [0.3, 0.4) is 0 Å². The molecule has 1 aromatic heterocycles. The van der Waals surface area contributed by atoms with E-state index in [4.69, 9.17) is 0 Å². The lowest BCUT2D eigenvalue weighted by molar-refractivity contribution is 0.166.